The zero-order chi connectivity index (χ0) is 15.2. The van der Waals surface area contributed by atoms with Crippen molar-refractivity contribution in [3.8, 4) is 5.75 Å². The molecular formula is C15H21BrN2O3. The van der Waals surface area contributed by atoms with Crippen LogP contribution in [0.5, 0.6) is 5.75 Å². The highest BCUT2D eigenvalue weighted by Crippen LogP contribution is 2.18. The van der Waals surface area contributed by atoms with E-state index in [0.717, 1.165) is 17.3 Å². The van der Waals surface area contributed by atoms with Crippen molar-refractivity contribution in [3.05, 3.63) is 28.7 Å². The van der Waals surface area contributed by atoms with Crippen molar-refractivity contribution < 1.29 is 14.6 Å². The Bertz CT molecular complexity index is 462. The van der Waals surface area contributed by atoms with Crippen LogP contribution in [-0.2, 0) is 4.79 Å². The van der Waals surface area contributed by atoms with Crippen LogP contribution in [0.15, 0.2) is 28.7 Å². The number of amides is 1. The van der Waals surface area contributed by atoms with Gasteiger partial charge < -0.3 is 20.5 Å². The number of carbonyl (C=O) groups excluding carboxylic acids is 1. The lowest BCUT2D eigenvalue weighted by atomic mass is 10.2. The van der Waals surface area contributed by atoms with E-state index >= 15 is 0 Å². The van der Waals surface area contributed by atoms with E-state index in [0.29, 0.717) is 18.3 Å². The zero-order valence-electron chi connectivity index (χ0n) is 12.0. The highest BCUT2D eigenvalue weighted by molar-refractivity contribution is 9.10. The SMILES string of the molecule is CC(NCC(O)COc1ccc(Br)cc1)C(=O)NC1CC1. The van der Waals surface area contributed by atoms with Crippen molar-refractivity contribution in [2.75, 3.05) is 13.2 Å². The smallest absolute Gasteiger partial charge is 0.237 e. The molecule has 0 aromatic heterocycles. The minimum absolute atomic E-state index is 0.0153. The van der Waals surface area contributed by atoms with Crippen molar-refractivity contribution in [3.63, 3.8) is 0 Å². The van der Waals surface area contributed by atoms with E-state index in [-0.39, 0.29) is 18.6 Å². The molecule has 116 valence electrons. The molecule has 0 radical (unpaired) electrons. The van der Waals surface area contributed by atoms with Crippen LogP contribution in [0, 0.1) is 0 Å². The normalized spacial score (nSPS) is 17.1. The molecule has 21 heavy (non-hydrogen) atoms. The summed E-state index contributed by atoms with van der Waals surface area (Å²) in [5.74, 6) is 0.690. The van der Waals surface area contributed by atoms with Crippen molar-refractivity contribution in [1.29, 1.82) is 0 Å². The van der Waals surface area contributed by atoms with Gasteiger partial charge in [0.25, 0.3) is 0 Å². The summed E-state index contributed by atoms with van der Waals surface area (Å²) in [6.45, 7) is 2.29. The Labute approximate surface area is 133 Å². The number of nitrogens with one attached hydrogen (secondary N) is 2. The average molecular weight is 357 g/mol. The maximum atomic E-state index is 11.7. The fourth-order valence-electron chi connectivity index (χ4n) is 1.74. The third-order valence-corrected chi connectivity index (χ3v) is 3.76. The van der Waals surface area contributed by atoms with Gasteiger partial charge in [0.15, 0.2) is 0 Å². The highest BCUT2D eigenvalue weighted by Gasteiger charge is 2.25. The molecule has 6 heteroatoms. The van der Waals surface area contributed by atoms with E-state index in [2.05, 4.69) is 26.6 Å². The molecular weight excluding hydrogens is 336 g/mol. The second-order valence-corrected chi connectivity index (χ2v) is 6.25. The summed E-state index contributed by atoms with van der Waals surface area (Å²) in [6, 6.07) is 7.46. The van der Waals surface area contributed by atoms with Gasteiger partial charge in [0.2, 0.25) is 5.91 Å². The first-order chi connectivity index (χ1) is 10.0. The molecule has 0 spiro atoms. The number of aliphatic hydroxyl groups is 1. The van der Waals surface area contributed by atoms with Crippen LogP contribution in [0.3, 0.4) is 0 Å². The van der Waals surface area contributed by atoms with Gasteiger partial charge in [-0.15, -0.1) is 0 Å². The molecule has 1 aliphatic carbocycles. The first kappa shape index (κ1) is 16.3. The lowest BCUT2D eigenvalue weighted by molar-refractivity contribution is -0.123. The second kappa shape index (κ2) is 7.77. The van der Waals surface area contributed by atoms with Gasteiger partial charge >= 0.3 is 0 Å². The standard InChI is InChI=1S/C15H21BrN2O3/c1-10(15(20)18-12-4-5-12)17-8-13(19)9-21-14-6-2-11(16)3-7-14/h2-3,6-7,10,12-13,17,19H,4-5,8-9H2,1H3,(H,18,20). The van der Waals surface area contributed by atoms with Crippen molar-refractivity contribution in [2.24, 2.45) is 0 Å². The minimum atomic E-state index is -0.662. The molecule has 0 aliphatic heterocycles. The van der Waals surface area contributed by atoms with Crippen molar-refractivity contribution in [1.82, 2.24) is 10.6 Å². The molecule has 2 rings (SSSR count). The van der Waals surface area contributed by atoms with E-state index in [4.69, 9.17) is 4.74 Å². The Morgan fingerprint density at radius 2 is 2.10 bits per heavy atom. The van der Waals surface area contributed by atoms with E-state index in [9.17, 15) is 9.90 Å². The molecule has 5 nitrogen and oxygen atoms in total. The third-order valence-electron chi connectivity index (χ3n) is 3.23. The topological polar surface area (TPSA) is 70.6 Å². The summed E-state index contributed by atoms with van der Waals surface area (Å²) in [4.78, 5) is 11.7. The molecule has 1 saturated carbocycles. The van der Waals surface area contributed by atoms with E-state index in [1.165, 1.54) is 0 Å². The minimum Gasteiger partial charge on any atom is -0.491 e. The molecule has 0 heterocycles. The average Bonchev–Trinajstić information content (AvgIpc) is 3.28. The number of benzene rings is 1. The van der Waals surface area contributed by atoms with Crippen LogP contribution in [0.4, 0.5) is 0 Å². The molecule has 0 bridgehead atoms. The number of rotatable bonds is 8. The first-order valence-electron chi connectivity index (χ1n) is 7.15. The van der Waals surface area contributed by atoms with Gasteiger partial charge in [0.1, 0.15) is 18.5 Å². The van der Waals surface area contributed by atoms with Crippen LogP contribution in [0.2, 0.25) is 0 Å². The Kier molecular flexibility index (Phi) is 6.02. The molecule has 1 amide bonds. The van der Waals surface area contributed by atoms with E-state index < -0.39 is 6.10 Å². The van der Waals surface area contributed by atoms with Crippen LogP contribution in [-0.4, -0.2) is 42.4 Å². The second-order valence-electron chi connectivity index (χ2n) is 5.33. The predicted molar refractivity (Wildman–Crippen MR) is 84.3 cm³/mol. The van der Waals surface area contributed by atoms with Crippen molar-refractivity contribution in [2.45, 2.75) is 38.0 Å². The molecule has 2 atom stereocenters. The van der Waals surface area contributed by atoms with Crippen LogP contribution < -0.4 is 15.4 Å². The molecule has 1 aliphatic rings. The van der Waals surface area contributed by atoms with Gasteiger partial charge in [-0.1, -0.05) is 15.9 Å². The number of hydrogen-bond acceptors (Lipinski definition) is 4. The molecule has 1 fully saturated rings. The van der Waals surface area contributed by atoms with Crippen LogP contribution >= 0.6 is 15.9 Å². The summed E-state index contributed by atoms with van der Waals surface area (Å²) in [6.07, 6.45) is 1.48. The fraction of sp³-hybridized carbons (Fsp3) is 0.533. The number of ether oxygens (including phenoxy) is 1. The van der Waals surface area contributed by atoms with Gasteiger partial charge in [-0.25, -0.2) is 0 Å². The Hall–Kier alpha value is -1.11. The lowest BCUT2D eigenvalue weighted by Gasteiger charge is -2.17. The van der Waals surface area contributed by atoms with E-state index in [1.54, 1.807) is 6.92 Å². The van der Waals surface area contributed by atoms with Gasteiger partial charge in [-0.2, -0.15) is 0 Å². The summed E-state index contributed by atoms with van der Waals surface area (Å²) < 4.78 is 6.46. The number of aliphatic hydroxyl groups excluding tert-OH is 1. The van der Waals surface area contributed by atoms with Gasteiger partial charge in [-0.3, -0.25) is 4.79 Å². The predicted octanol–water partition coefficient (Wildman–Crippen LogP) is 1.45. The van der Waals surface area contributed by atoms with Crippen LogP contribution in [0.25, 0.3) is 0 Å². The van der Waals surface area contributed by atoms with Gasteiger partial charge in [0.05, 0.1) is 6.04 Å². The van der Waals surface area contributed by atoms with Gasteiger partial charge in [0, 0.05) is 17.1 Å². The highest BCUT2D eigenvalue weighted by atomic mass is 79.9. The maximum absolute atomic E-state index is 11.7. The molecule has 1 aromatic carbocycles. The van der Waals surface area contributed by atoms with Gasteiger partial charge in [-0.05, 0) is 44.0 Å². The van der Waals surface area contributed by atoms with Crippen molar-refractivity contribution >= 4 is 21.8 Å². The summed E-state index contributed by atoms with van der Waals surface area (Å²) in [7, 11) is 0. The third kappa shape index (κ3) is 6.03. The monoisotopic (exact) mass is 356 g/mol. The Morgan fingerprint density at radius 1 is 1.43 bits per heavy atom. The maximum Gasteiger partial charge on any atom is 0.237 e. The molecule has 2 unspecified atom stereocenters. The zero-order valence-corrected chi connectivity index (χ0v) is 13.6. The Morgan fingerprint density at radius 3 is 2.71 bits per heavy atom. The quantitative estimate of drug-likeness (QED) is 0.659. The van der Waals surface area contributed by atoms with Crippen LogP contribution in [0.1, 0.15) is 19.8 Å². The fourth-order valence-corrected chi connectivity index (χ4v) is 2.01. The molecule has 0 saturated heterocycles. The summed E-state index contributed by atoms with van der Waals surface area (Å²) in [5.41, 5.74) is 0. The number of halogens is 1. The van der Waals surface area contributed by atoms with E-state index in [1.807, 2.05) is 24.3 Å². The Balaban J connectivity index is 1.63. The lowest BCUT2D eigenvalue weighted by Crippen LogP contribution is -2.46. The summed E-state index contributed by atoms with van der Waals surface area (Å²) in [5, 5.41) is 15.8. The number of carbonyl (C=O) groups is 1. The summed E-state index contributed by atoms with van der Waals surface area (Å²) >= 11 is 3.35. The molecule has 1 aromatic rings. The first-order valence-corrected chi connectivity index (χ1v) is 7.94. The largest absolute Gasteiger partial charge is 0.491 e. The number of hydrogen-bond donors (Lipinski definition) is 3. The molecule has 3 N–H and O–H groups in total.